The Bertz CT molecular complexity index is 357. The molecule has 20 heavy (non-hydrogen) atoms. The zero-order valence-corrected chi connectivity index (χ0v) is 12.2. The number of rotatable bonds is 10. The van der Waals surface area contributed by atoms with Gasteiger partial charge in [0.15, 0.2) is 0 Å². The number of aryl methyl sites for hydroxylation is 1. The van der Waals surface area contributed by atoms with Crippen LogP contribution >= 0.6 is 0 Å². The molecule has 0 bridgehead atoms. The lowest BCUT2D eigenvalue weighted by molar-refractivity contribution is 0.0144. The number of alkyl halides is 2. The molecule has 0 saturated heterocycles. The van der Waals surface area contributed by atoms with Crippen LogP contribution in [0.15, 0.2) is 18.3 Å². The summed E-state index contributed by atoms with van der Waals surface area (Å²) in [7, 11) is 0. The average Bonchev–Trinajstić information content (AvgIpc) is 2.44. The molecule has 5 heteroatoms. The monoisotopic (exact) mass is 286 g/mol. The fourth-order valence-corrected chi connectivity index (χ4v) is 2.00. The number of hydrogen-bond donors (Lipinski definition) is 1. The van der Waals surface area contributed by atoms with Crippen molar-refractivity contribution in [1.29, 1.82) is 0 Å². The number of hydrogen-bond acceptors (Lipinski definition) is 3. The highest BCUT2D eigenvalue weighted by Crippen LogP contribution is 2.06. The van der Waals surface area contributed by atoms with Crippen molar-refractivity contribution in [3.05, 3.63) is 29.6 Å². The highest BCUT2D eigenvalue weighted by molar-refractivity contribution is 5.14. The van der Waals surface area contributed by atoms with E-state index in [9.17, 15) is 8.78 Å². The Hall–Kier alpha value is -1.07. The number of nitrogens with zero attached hydrogens (tertiary/aromatic N) is 1. The van der Waals surface area contributed by atoms with Crippen LogP contribution in [-0.4, -0.2) is 37.2 Å². The van der Waals surface area contributed by atoms with Gasteiger partial charge in [0.2, 0.25) is 0 Å². The van der Waals surface area contributed by atoms with E-state index in [-0.39, 0.29) is 6.04 Å². The first-order valence-electron chi connectivity index (χ1n) is 7.18. The molecule has 0 aliphatic heterocycles. The van der Waals surface area contributed by atoms with Crippen LogP contribution in [-0.2, 0) is 17.6 Å². The lowest BCUT2D eigenvalue weighted by Gasteiger charge is -2.17. The predicted molar refractivity (Wildman–Crippen MR) is 76.2 cm³/mol. The van der Waals surface area contributed by atoms with Crippen LogP contribution in [0.5, 0.6) is 0 Å². The molecule has 0 amide bonds. The Morgan fingerprint density at radius 1 is 1.30 bits per heavy atom. The summed E-state index contributed by atoms with van der Waals surface area (Å²) in [4.78, 5) is 4.43. The Morgan fingerprint density at radius 2 is 2.10 bits per heavy atom. The summed E-state index contributed by atoms with van der Waals surface area (Å²) >= 11 is 0. The maximum absolute atomic E-state index is 12.0. The first-order valence-corrected chi connectivity index (χ1v) is 7.18. The molecule has 0 aromatic carbocycles. The molecule has 1 unspecified atom stereocenters. The second kappa shape index (κ2) is 9.77. The maximum atomic E-state index is 12.0. The van der Waals surface area contributed by atoms with Crippen LogP contribution in [0.25, 0.3) is 0 Å². The van der Waals surface area contributed by atoms with Gasteiger partial charge in [0, 0.05) is 31.0 Å². The van der Waals surface area contributed by atoms with Crippen molar-refractivity contribution in [3.8, 4) is 0 Å². The van der Waals surface area contributed by atoms with E-state index in [2.05, 4.69) is 23.3 Å². The minimum atomic E-state index is -2.39. The third-order valence-electron chi connectivity index (χ3n) is 3.10. The summed E-state index contributed by atoms with van der Waals surface area (Å²) in [6.07, 6.45) is 1.97. The fourth-order valence-electron chi connectivity index (χ4n) is 2.00. The van der Waals surface area contributed by atoms with Gasteiger partial charge in [0.25, 0.3) is 6.43 Å². The van der Waals surface area contributed by atoms with Crippen LogP contribution in [0.3, 0.4) is 0 Å². The standard InChI is InChI=1S/C15H24F2N2O/c1-3-12-5-6-13(19-10-12)9-14(18-4-2)7-8-20-11-15(16)17/h5-6,10,14-15,18H,3-4,7-9,11H2,1-2H3. The van der Waals surface area contributed by atoms with Crippen molar-refractivity contribution in [2.75, 3.05) is 19.8 Å². The van der Waals surface area contributed by atoms with Gasteiger partial charge in [-0.25, -0.2) is 8.78 Å². The van der Waals surface area contributed by atoms with E-state index in [1.807, 2.05) is 19.2 Å². The van der Waals surface area contributed by atoms with Gasteiger partial charge >= 0.3 is 0 Å². The molecule has 0 radical (unpaired) electrons. The molecule has 1 rings (SSSR count). The van der Waals surface area contributed by atoms with Gasteiger partial charge in [-0.15, -0.1) is 0 Å². The van der Waals surface area contributed by atoms with Crippen molar-refractivity contribution in [3.63, 3.8) is 0 Å². The molecule has 1 heterocycles. The third kappa shape index (κ3) is 6.91. The van der Waals surface area contributed by atoms with Crippen LogP contribution < -0.4 is 5.32 Å². The highest BCUT2D eigenvalue weighted by atomic mass is 19.3. The van der Waals surface area contributed by atoms with Crippen LogP contribution in [0, 0.1) is 0 Å². The minimum Gasteiger partial charge on any atom is -0.375 e. The van der Waals surface area contributed by atoms with Gasteiger partial charge in [0.1, 0.15) is 6.61 Å². The number of likely N-dealkylation sites (N-methyl/N-ethyl adjacent to an activating group) is 1. The smallest absolute Gasteiger partial charge is 0.261 e. The second-order valence-electron chi connectivity index (χ2n) is 4.72. The van der Waals surface area contributed by atoms with Crippen molar-refractivity contribution in [1.82, 2.24) is 10.3 Å². The largest absolute Gasteiger partial charge is 0.375 e. The van der Waals surface area contributed by atoms with E-state index in [0.717, 1.165) is 25.1 Å². The van der Waals surface area contributed by atoms with E-state index in [0.29, 0.717) is 13.0 Å². The summed E-state index contributed by atoms with van der Waals surface area (Å²) in [5.74, 6) is 0. The van der Waals surface area contributed by atoms with Crippen molar-refractivity contribution in [2.24, 2.45) is 0 Å². The molecule has 0 aliphatic carbocycles. The van der Waals surface area contributed by atoms with E-state index >= 15 is 0 Å². The summed E-state index contributed by atoms with van der Waals surface area (Å²) in [5.41, 5.74) is 2.23. The SMILES string of the molecule is CCNC(CCOCC(F)F)Cc1ccc(CC)cn1. The summed E-state index contributed by atoms with van der Waals surface area (Å²) in [6, 6.07) is 4.32. The maximum Gasteiger partial charge on any atom is 0.261 e. The first-order chi connectivity index (χ1) is 9.65. The molecule has 0 fully saturated rings. The molecular formula is C15H24F2N2O. The summed E-state index contributed by atoms with van der Waals surface area (Å²) in [6.45, 7) is 4.82. The fraction of sp³-hybridized carbons (Fsp3) is 0.667. The quantitative estimate of drug-likeness (QED) is 0.672. The van der Waals surface area contributed by atoms with E-state index in [4.69, 9.17) is 4.74 Å². The first kappa shape index (κ1) is 17.0. The van der Waals surface area contributed by atoms with Gasteiger partial charge in [-0.1, -0.05) is 19.9 Å². The van der Waals surface area contributed by atoms with Gasteiger partial charge < -0.3 is 10.1 Å². The van der Waals surface area contributed by atoms with Gasteiger partial charge in [0.05, 0.1) is 0 Å². The zero-order chi connectivity index (χ0) is 14.8. The van der Waals surface area contributed by atoms with Crippen molar-refractivity contribution < 1.29 is 13.5 Å². The summed E-state index contributed by atoms with van der Waals surface area (Å²) < 4.78 is 28.9. The van der Waals surface area contributed by atoms with Gasteiger partial charge in [-0.3, -0.25) is 4.98 Å². The molecule has 1 N–H and O–H groups in total. The number of ether oxygens (including phenoxy) is 1. The Morgan fingerprint density at radius 3 is 2.65 bits per heavy atom. The highest BCUT2D eigenvalue weighted by Gasteiger charge is 2.10. The van der Waals surface area contributed by atoms with Gasteiger partial charge in [-0.05, 0) is 31.0 Å². The lowest BCUT2D eigenvalue weighted by Crippen LogP contribution is -2.32. The van der Waals surface area contributed by atoms with Crippen molar-refractivity contribution in [2.45, 2.75) is 45.6 Å². The molecule has 0 spiro atoms. The number of pyridine rings is 1. The zero-order valence-electron chi connectivity index (χ0n) is 12.2. The second-order valence-corrected chi connectivity index (χ2v) is 4.72. The van der Waals surface area contributed by atoms with Crippen molar-refractivity contribution >= 4 is 0 Å². The third-order valence-corrected chi connectivity index (χ3v) is 3.10. The molecule has 1 aromatic heterocycles. The topological polar surface area (TPSA) is 34.1 Å². The van der Waals surface area contributed by atoms with E-state index in [1.165, 1.54) is 5.56 Å². The molecule has 114 valence electrons. The lowest BCUT2D eigenvalue weighted by atomic mass is 10.1. The molecule has 0 aliphatic rings. The normalized spacial score (nSPS) is 12.8. The van der Waals surface area contributed by atoms with Crippen LogP contribution in [0.2, 0.25) is 0 Å². The number of aromatic nitrogens is 1. The molecule has 0 saturated carbocycles. The average molecular weight is 286 g/mol. The van der Waals surface area contributed by atoms with E-state index in [1.54, 1.807) is 0 Å². The number of halogens is 2. The Labute approximate surface area is 119 Å². The van der Waals surface area contributed by atoms with Gasteiger partial charge in [-0.2, -0.15) is 0 Å². The summed E-state index contributed by atoms with van der Waals surface area (Å²) in [5, 5.41) is 3.34. The predicted octanol–water partition coefficient (Wildman–Crippen LogP) is 2.84. The Balaban J connectivity index is 2.40. The Kier molecular flexibility index (Phi) is 8.30. The molecular weight excluding hydrogens is 262 g/mol. The minimum absolute atomic E-state index is 0.206. The molecule has 3 nitrogen and oxygen atoms in total. The number of nitrogens with one attached hydrogen (secondary N) is 1. The molecule has 1 atom stereocenters. The molecule has 1 aromatic rings. The van der Waals surface area contributed by atoms with Crippen LogP contribution in [0.4, 0.5) is 8.78 Å². The van der Waals surface area contributed by atoms with E-state index < -0.39 is 13.0 Å². The van der Waals surface area contributed by atoms with Crippen LogP contribution in [0.1, 0.15) is 31.5 Å².